The van der Waals surface area contributed by atoms with Crippen molar-refractivity contribution in [3.8, 4) is 0 Å². The highest BCUT2D eigenvalue weighted by Gasteiger charge is 2.42. The third-order valence-electron chi connectivity index (χ3n) is 4.40. The molecule has 0 radical (unpaired) electrons. The van der Waals surface area contributed by atoms with Gasteiger partial charge in [-0.15, -0.1) is 0 Å². The normalized spacial score (nSPS) is 10.9. The van der Waals surface area contributed by atoms with E-state index in [0.717, 1.165) is 17.4 Å². The van der Waals surface area contributed by atoms with E-state index in [2.05, 4.69) is 10.9 Å². The van der Waals surface area contributed by atoms with Crippen molar-refractivity contribution < 1.29 is 14.7 Å². The molecule has 3 aromatic rings. The first-order valence-electron chi connectivity index (χ1n) is 8.71. The molecule has 1 amide bonds. The van der Waals surface area contributed by atoms with Gasteiger partial charge in [0.25, 0.3) is 5.24 Å². The minimum Gasteiger partial charge on any atom is -0.480 e. The summed E-state index contributed by atoms with van der Waals surface area (Å²) in [5, 5.41) is 9.83. The number of carboxylic acid groups (broad SMARTS) is 1. The van der Waals surface area contributed by atoms with Gasteiger partial charge in [0.15, 0.2) is 0 Å². The van der Waals surface area contributed by atoms with Crippen molar-refractivity contribution in [3.63, 3.8) is 0 Å². The zero-order valence-electron chi connectivity index (χ0n) is 15.0. The summed E-state index contributed by atoms with van der Waals surface area (Å²) in [6.07, 6.45) is 0. The predicted molar refractivity (Wildman–Crippen MR) is 112 cm³/mol. The molecule has 0 aliphatic rings. The average Bonchev–Trinajstić information content (AvgIpc) is 2.75. The number of aliphatic carboxylic acids is 1. The van der Waals surface area contributed by atoms with Gasteiger partial charge in [-0.1, -0.05) is 90.6 Å². The Morgan fingerprint density at radius 2 is 1.25 bits per heavy atom. The lowest BCUT2D eigenvalue weighted by atomic mass is 9.76. The molecule has 0 saturated heterocycles. The second-order valence-electron chi connectivity index (χ2n) is 6.13. The van der Waals surface area contributed by atoms with Gasteiger partial charge in [-0.3, -0.25) is 20.4 Å². The van der Waals surface area contributed by atoms with Crippen molar-refractivity contribution in [1.82, 2.24) is 5.43 Å². The van der Waals surface area contributed by atoms with Crippen LogP contribution in [-0.4, -0.2) is 22.1 Å². The Morgan fingerprint density at radius 1 is 0.786 bits per heavy atom. The minimum absolute atomic E-state index is 0.0542. The number of rotatable bonds is 7. The van der Waals surface area contributed by atoms with Gasteiger partial charge in [0.2, 0.25) is 0 Å². The molecule has 0 aromatic heterocycles. The molecule has 0 aliphatic carbocycles. The van der Waals surface area contributed by atoms with Gasteiger partial charge >= 0.3 is 5.97 Å². The Kier molecular flexibility index (Phi) is 6.34. The van der Waals surface area contributed by atoms with E-state index in [1.807, 2.05) is 42.5 Å². The molecular weight excluding hydrogens is 372 g/mol. The van der Waals surface area contributed by atoms with Gasteiger partial charge in [-0.2, -0.15) is 0 Å². The Bertz CT molecular complexity index is 879. The number of nitrogens with one attached hydrogen (secondary N) is 2. The highest BCUT2D eigenvalue weighted by Crippen LogP contribution is 2.36. The fourth-order valence-electron chi connectivity index (χ4n) is 2.94. The van der Waals surface area contributed by atoms with Crippen molar-refractivity contribution >= 4 is 28.7 Å². The maximum absolute atomic E-state index is 12.5. The zero-order chi connectivity index (χ0) is 19.8. The number of carbonyl (C=O) groups is 2. The van der Waals surface area contributed by atoms with E-state index in [0.29, 0.717) is 11.1 Å². The molecule has 0 spiro atoms. The fraction of sp³-hybridized carbons (Fsp3) is 0.0909. The van der Waals surface area contributed by atoms with E-state index in [-0.39, 0.29) is 11.0 Å². The Morgan fingerprint density at radius 3 is 1.71 bits per heavy atom. The monoisotopic (exact) mass is 392 g/mol. The second kappa shape index (κ2) is 9.10. The maximum Gasteiger partial charge on any atom is 0.319 e. The van der Waals surface area contributed by atoms with Crippen LogP contribution in [0, 0.1) is 0 Å². The molecule has 0 unspecified atom stereocenters. The largest absolute Gasteiger partial charge is 0.480 e. The van der Waals surface area contributed by atoms with E-state index in [9.17, 15) is 14.7 Å². The molecule has 142 valence electrons. The maximum atomic E-state index is 12.5. The molecular formula is C22H20N2O3S. The fourth-order valence-corrected chi connectivity index (χ4v) is 3.87. The van der Waals surface area contributed by atoms with E-state index < -0.39 is 11.4 Å². The van der Waals surface area contributed by atoms with Crippen LogP contribution in [0.5, 0.6) is 0 Å². The molecule has 0 aliphatic heterocycles. The first-order valence-corrected chi connectivity index (χ1v) is 9.70. The second-order valence-corrected chi connectivity index (χ2v) is 7.08. The van der Waals surface area contributed by atoms with Crippen LogP contribution >= 0.6 is 11.8 Å². The summed E-state index contributed by atoms with van der Waals surface area (Å²) < 4.78 is 0. The number of thioether (sulfide) groups is 1. The molecule has 0 bridgehead atoms. The molecule has 5 nitrogen and oxygen atoms in total. The Labute approximate surface area is 167 Å². The number of hydrogen-bond donors (Lipinski definition) is 3. The number of hydrogen-bond acceptors (Lipinski definition) is 4. The summed E-state index contributed by atoms with van der Waals surface area (Å²) in [5.41, 5.74) is 6.08. The SMILES string of the molecule is O=C(NNc1ccccc1)SCC(C(=O)O)(c1ccccc1)c1ccccc1. The van der Waals surface area contributed by atoms with Gasteiger partial charge in [0, 0.05) is 5.75 Å². The first-order chi connectivity index (χ1) is 13.6. The van der Waals surface area contributed by atoms with Crippen LogP contribution in [0.25, 0.3) is 0 Å². The quantitative estimate of drug-likeness (QED) is 0.515. The van der Waals surface area contributed by atoms with Crippen molar-refractivity contribution in [2.75, 3.05) is 11.2 Å². The van der Waals surface area contributed by atoms with Crippen molar-refractivity contribution in [1.29, 1.82) is 0 Å². The lowest BCUT2D eigenvalue weighted by Crippen LogP contribution is -2.41. The molecule has 0 fully saturated rings. The molecule has 0 saturated carbocycles. The van der Waals surface area contributed by atoms with Crippen LogP contribution in [-0.2, 0) is 10.2 Å². The highest BCUT2D eigenvalue weighted by atomic mass is 32.2. The van der Waals surface area contributed by atoms with Crippen LogP contribution in [0.4, 0.5) is 10.5 Å². The van der Waals surface area contributed by atoms with Crippen LogP contribution < -0.4 is 10.9 Å². The zero-order valence-corrected chi connectivity index (χ0v) is 15.9. The predicted octanol–water partition coefficient (Wildman–Crippen LogP) is 4.53. The average molecular weight is 392 g/mol. The van der Waals surface area contributed by atoms with Crippen molar-refractivity contribution in [3.05, 3.63) is 102 Å². The van der Waals surface area contributed by atoms with E-state index in [4.69, 9.17) is 0 Å². The molecule has 0 atom stereocenters. The molecule has 3 N–H and O–H groups in total. The van der Waals surface area contributed by atoms with Crippen LogP contribution in [0.15, 0.2) is 91.0 Å². The summed E-state index contributed by atoms with van der Waals surface area (Å²) in [7, 11) is 0. The van der Waals surface area contributed by atoms with Crippen LogP contribution in [0.3, 0.4) is 0 Å². The topological polar surface area (TPSA) is 78.4 Å². The first kappa shape index (κ1) is 19.5. The lowest BCUT2D eigenvalue weighted by Gasteiger charge is -2.30. The van der Waals surface area contributed by atoms with Gasteiger partial charge in [-0.05, 0) is 23.3 Å². The van der Waals surface area contributed by atoms with Crippen molar-refractivity contribution in [2.45, 2.75) is 5.41 Å². The van der Waals surface area contributed by atoms with E-state index in [1.165, 1.54) is 0 Å². The Balaban J connectivity index is 1.82. The van der Waals surface area contributed by atoms with Gasteiger partial charge in [-0.25, -0.2) is 0 Å². The number of benzene rings is 3. The summed E-state index contributed by atoms with van der Waals surface area (Å²) in [6.45, 7) is 0. The van der Waals surface area contributed by atoms with Gasteiger partial charge in [0.05, 0.1) is 5.69 Å². The minimum atomic E-state index is -1.34. The van der Waals surface area contributed by atoms with Gasteiger partial charge in [0.1, 0.15) is 5.41 Å². The number of hydrazine groups is 1. The summed E-state index contributed by atoms with van der Waals surface area (Å²) in [5.74, 6) is -0.945. The van der Waals surface area contributed by atoms with Crippen LogP contribution in [0.2, 0.25) is 0 Å². The Hall–Kier alpha value is -3.25. The van der Waals surface area contributed by atoms with E-state index in [1.54, 1.807) is 48.5 Å². The third kappa shape index (κ3) is 4.35. The summed E-state index contributed by atoms with van der Waals surface area (Å²) >= 11 is 0.927. The van der Waals surface area contributed by atoms with E-state index >= 15 is 0 Å². The summed E-state index contributed by atoms with van der Waals surface area (Å²) in [4.78, 5) is 24.8. The molecule has 0 heterocycles. The highest BCUT2D eigenvalue weighted by molar-refractivity contribution is 8.13. The number of anilines is 1. The molecule has 6 heteroatoms. The molecule has 3 aromatic carbocycles. The van der Waals surface area contributed by atoms with Crippen molar-refractivity contribution in [2.24, 2.45) is 0 Å². The standard InChI is InChI=1S/C22H20N2O3S/c25-20(26)22(17-10-4-1-5-11-17,18-12-6-2-7-13-18)16-28-21(27)24-23-19-14-8-3-9-15-19/h1-15,23H,16H2,(H,24,27)(H,25,26). The van der Waals surface area contributed by atoms with Gasteiger partial charge < -0.3 is 5.11 Å². The number of amides is 1. The number of carbonyl (C=O) groups excluding carboxylic acids is 1. The lowest BCUT2D eigenvalue weighted by molar-refractivity contribution is -0.141. The smallest absolute Gasteiger partial charge is 0.319 e. The molecule has 3 rings (SSSR count). The number of para-hydroxylation sites is 1. The third-order valence-corrected chi connectivity index (χ3v) is 5.34. The number of carboxylic acids is 1. The van der Waals surface area contributed by atoms with Crippen LogP contribution in [0.1, 0.15) is 11.1 Å². The molecule has 28 heavy (non-hydrogen) atoms. The summed E-state index contributed by atoms with van der Waals surface area (Å²) in [6, 6.07) is 27.2.